The first-order chi connectivity index (χ1) is 10.1. The average molecular weight is 322 g/mol. The average Bonchev–Trinajstić information content (AvgIpc) is 3.04. The van der Waals surface area contributed by atoms with Gasteiger partial charge >= 0.3 is 0 Å². The highest BCUT2D eigenvalue weighted by Gasteiger charge is 2.27. The summed E-state index contributed by atoms with van der Waals surface area (Å²) < 4.78 is 0. The minimum absolute atomic E-state index is 0. The highest BCUT2D eigenvalue weighted by atomic mass is 35.5. The van der Waals surface area contributed by atoms with Crippen molar-refractivity contribution < 1.29 is 4.79 Å². The summed E-state index contributed by atoms with van der Waals surface area (Å²) in [6, 6.07) is 13.7. The van der Waals surface area contributed by atoms with Crippen molar-refractivity contribution >= 4 is 18.3 Å². The predicted octanol–water partition coefficient (Wildman–Crippen LogP) is 3.35. The maximum absolute atomic E-state index is 12.4. The van der Waals surface area contributed by atoms with Gasteiger partial charge in [-0.05, 0) is 30.5 Å². The standard InChI is InChI=1S/C17H23N3O.ClH/c1-3-17(4-2,12-18)20-16(21)15-11-10-14(19-15)13-8-6-5-7-9-13;/h5-11,19H,3-4,12,18H2,1-2H3,(H,20,21);1H. The summed E-state index contributed by atoms with van der Waals surface area (Å²) in [6.07, 6.45) is 1.63. The van der Waals surface area contributed by atoms with Crippen LogP contribution in [0.25, 0.3) is 11.3 Å². The van der Waals surface area contributed by atoms with E-state index < -0.39 is 0 Å². The first-order valence-electron chi connectivity index (χ1n) is 7.41. The number of carbonyl (C=O) groups excluding carboxylic acids is 1. The predicted molar refractivity (Wildman–Crippen MR) is 93.3 cm³/mol. The van der Waals surface area contributed by atoms with Crippen LogP contribution in [0.1, 0.15) is 37.2 Å². The Labute approximate surface area is 137 Å². The summed E-state index contributed by atoms with van der Waals surface area (Å²) >= 11 is 0. The molecule has 0 bridgehead atoms. The van der Waals surface area contributed by atoms with Gasteiger partial charge in [0, 0.05) is 12.2 Å². The normalized spacial score (nSPS) is 10.9. The summed E-state index contributed by atoms with van der Waals surface area (Å²) in [5.74, 6) is -0.105. The van der Waals surface area contributed by atoms with Gasteiger partial charge in [-0.25, -0.2) is 0 Å². The van der Waals surface area contributed by atoms with Gasteiger partial charge in [0.25, 0.3) is 5.91 Å². The summed E-state index contributed by atoms with van der Waals surface area (Å²) in [5.41, 5.74) is 8.07. The number of nitrogens with two attached hydrogens (primary N) is 1. The number of halogens is 1. The summed E-state index contributed by atoms with van der Waals surface area (Å²) in [7, 11) is 0. The van der Waals surface area contributed by atoms with Crippen LogP contribution in [0.4, 0.5) is 0 Å². The number of aromatic nitrogens is 1. The maximum Gasteiger partial charge on any atom is 0.268 e. The molecule has 0 fully saturated rings. The van der Waals surface area contributed by atoms with E-state index in [9.17, 15) is 4.79 Å². The quantitative estimate of drug-likeness (QED) is 0.763. The van der Waals surface area contributed by atoms with Crippen molar-refractivity contribution in [1.29, 1.82) is 0 Å². The van der Waals surface area contributed by atoms with Crippen molar-refractivity contribution in [3.63, 3.8) is 0 Å². The van der Waals surface area contributed by atoms with Crippen molar-refractivity contribution in [3.8, 4) is 11.3 Å². The van der Waals surface area contributed by atoms with Gasteiger partial charge in [-0.1, -0.05) is 44.2 Å². The van der Waals surface area contributed by atoms with E-state index in [1.807, 2.05) is 56.3 Å². The molecule has 4 N–H and O–H groups in total. The molecule has 0 unspecified atom stereocenters. The minimum Gasteiger partial charge on any atom is -0.351 e. The van der Waals surface area contributed by atoms with Crippen molar-refractivity contribution in [1.82, 2.24) is 10.3 Å². The minimum atomic E-state index is -0.324. The Morgan fingerprint density at radius 3 is 2.32 bits per heavy atom. The van der Waals surface area contributed by atoms with Crippen LogP contribution < -0.4 is 11.1 Å². The molecule has 0 saturated heterocycles. The van der Waals surface area contributed by atoms with Gasteiger partial charge in [-0.15, -0.1) is 12.4 Å². The number of hydrogen-bond acceptors (Lipinski definition) is 2. The molecule has 0 aliphatic rings. The molecule has 1 aromatic carbocycles. The second-order valence-corrected chi connectivity index (χ2v) is 5.30. The molecule has 5 heteroatoms. The van der Waals surface area contributed by atoms with E-state index in [0.29, 0.717) is 12.2 Å². The lowest BCUT2D eigenvalue weighted by Gasteiger charge is -2.31. The van der Waals surface area contributed by atoms with Crippen LogP contribution >= 0.6 is 12.4 Å². The van der Waals surface area contributed by atoms with Crippen LogP contribution in [0, 0.1) is 0 Å². The van der Waals surface area contributed by atoms with E-state index in [1.54, 1.807) is 0 Å². The lowest BCUT2D eigenvalue weighted by Crippen LogP contribution is -2.52. The Hall–Kier alpha value is -1.78. The van der Waals surface area contributed by atoms with Crippen LogP contribution in [0.15, 0.2) is 42.5 Å². The molecule has 1 heterocycles. The number of nitrogens with one attached hydrogen (secondary N) is 2. The Balaban J connectivity index is 0.00000242. The lowest BCUT2D eigenvalue weighted by atomic mass is 9.93. The van der Waals surface area contributed by atoms with Gasteiger partial charge in [-0.3, -0.25) is 4.79 Å². The van der Waals surface area contributed by atoms with Crippen LogP contribution in [-0.4, -0.2) is 23.0 Å². The van der Waals surface area contributed by atoms with E-state index in [1.165, 1.54) is 0 Å². The van der Waals surface area contributed by atoms with Gasteiger partial charge in [0.15, 0.2) is 0 Å². The number of rotatable bonds is 6. The highest BCUT2D eigenvalue weighted by molar-refractivity contribution is 5.93. The number of H-pyrrole nitrogens is 1. The molecule has 1 aromatic heterocycles. The van der Waals surface area contributed by atoms with Gasteiger partial charge in [0.05, 0.1) is 5.54 Å². The van der Waals surface area contributed by atoms with Crippen molar-refractivity contribution in [3.05, 3.63) is 48.2 Å². The summed E-state index contributed by atoms with van der Waals surface area (Å²) in [4.78, 5) is 15.6. The fourth-order valence-electron chi connectivity index (χ4n) is 2.39. The zero-order valence-electron chi connectivity index (χ0n) is 13.1. The fraction of sp³-hybridized carbons (Fsp3) is 0.353. The van der Waals surface area contributed by atoms with E-state index in [2.05, 4.69) is 10.3 Å². The molecular weight excluding hydrogens is 298 g/mol. The number of amides is 1. The molecule has 2 rings (SSSR count). The maximum atomic E-state index is 12.4. The first-order valence-corrected chi connectivity index (χ1v) is 7.41. The van der Waals surface area contributed by atoms with Crippen LogP contribution in [0.3, 0.4) is 0 Å². The van der Waals surface area contributed by atoms with Crippen LogP contribution in [0.2, 0.25) is 0 Å². The van der Waals surface area contributed by atoms with E-state index in [4.69, 9.17) is 5.73 Å². The molecule has 4 nitrogen and oxygen atoms in total. The largest absolute Gasteiger partial charge is 0.351 e. The second-order valence-electron chi connectivity index (χ2n) is 5.30. The van der Waals surface area contributed by atoms with E-state index in [-0.39, 0.29) is 23.9 Å². The second kappa shape index (κ2) is 8.01. The lowest BCUT2D eigenvalue weighted by molar-refractivity contribution is 0.0891. The van der Waals surface area contributed by atoms with Gasteiger partial charge in [0.2, 0.25) is 0 Å². The first kappa shape index (κ1) is 18.3. The Kier molecular flexibility index (Phi) is 6.65. The van der Waals surface area contributed by atoms with Gasteiger partial charge in [-0.2, -0.15) is 0 Å². The monoisotopic (exact) mass is 321 g/mol. The molecule has 1 amide bonds. The van der Waals surface area contributed by atoms with Gasteiger partial charge in [0.1, 0.15) is 5.69 Å². The number of benzene rings is 1. The Morgan fingerprint density at radius 1 is 1.14 bits per heavy atom. The molecule has 0 aliphatic heterocycles. The highest BCUT2D eigenvalue weighted by Crippen LogP contribution is 2.19. The Morgan fingerprint density at radius 2 is 1.77 bits per heavy atom. The number of hydrogen-bond donors (Lipinski definition) is 3. The Bertz CT molecular complexity index is 583. The molecule has 2 aromatic rings. The molecule has 22 heavy (non-hydrogen) atoms. The van der Waals surface area contributed by atoms with Crippen molar-refractivity contribution in [2.75, 3.05) is 6.54 Å². The molecule has 0 spiro atoms. The number of carbonyl (C=O) groups is 1. The van der Waals surface area contributed by atoms with E-state index in [0.717, 1.165) is 24.1 Å². The summed E-state index contributed by atoms with van der Waals surface area (Å²) in [5, 5.41) is 3.07. The van der Waals surface area contributed by atoms with Crippen molar-refractivity contribution in [2.24, 2.45) is 5.73 Å². The van der Waals surface area contributed by atoms with Crippen LogP contribution in [-0.2, 0) is 0 Å². The molecule has 0 saturated carbocycles. The SMILES string of the molecule is CCC(CC)(CN)NC(=O)c1ccc(-c2ccccc2)[nH]1.Cl. The topological polar surface area (TPSA) is 70.9 Å². The molecule has 0 aliphatic carbocycles. The summed E-state index contributed by atoms with van der Waals surface area (Å²) in [6.45, 7) is 4.53. The third-order valence-electron chi connectivity index (χ3n) is 4.14. The van der Waals surface area contributed by atoms with Crippen LogP contribution in [0.5, 0.6) is 0 Å². The number of aromatic amines is 1. The smallest absolute Gasteiger partial charge is 0.268 e. The van der Waals surface area contributed by atoms with Gasteiger partial charge < -0.3 is 16.0 Å². The third-order valence-corrected chi connectivity index (χ3v) is 4.14. The molecule has 0 atom stereocenters. The molecular formula is C17H24ClN3O. The molecule has 120 valence electrons. The zero-order valence-corrected chi connectivity index (χ0v) is 13.9. The van der Waals surface area contributed by atoms with Crippen molar-refractivity contribution in [2.45, 2.75) is 32.2 Å². The van der Waals surface area contributed by atoms with E-state index >= 15 is 0 Å². The zero-order chi connectivity index (χ0) is 15.3. The molecule has 0 radical (unpaired) electrons. The fourth-order valence-corrected chi connectivity index (χ4v) is 2.39. The third kappa shape index (κ3) is 3.90.